The van der Waals surface area contributed by atoms with Crippen LogP contribution in [0, 0.1) is 0 Å². The number of hydrogen-bond donors (Lipinski definition) is 0. The van der Waals surface area contributed by atoms with Crippen LogP contribution < -0.4 is 0 Å². The van der Waals surface area contributed by atoms with E-state index in [1.807, 2.05) is 0 Å². The summed E-state index contributed by atoms with van der Waals surface area (Å²) >= 11 is 0. The highest BCUT2D eigenvalue weighted by Gasteiger charge is 2.11. The van der Waals surface area contributed by atoms with Gasteiger partial charge in [-0.1, -0.05) is 192 Å². The Labute approximate surface area is 287 Å². The normalized spacial score (nSPS) is 11.5. The van der Waals surface area contributed by atoms with Gasteiger partial charge in [-0.05, 0) is 95.9 Å². The van der Waals surface area contributed by atoms with Crippen LogP contribution in [0.2, 0.25) is 0 Å². The Balaban J connectivity index is 2.43. The Kier molecular flexibility index (Phi) is 22.3. The lowest BCUT2D eigenvalue weighted by atomic mass is 9.90. The molecule has 0 amide bonds. The zero-order valence-corrected chi connectivity index (χ0v) is 31.0. The van der Waals surface area contributed by atoms with Gasteiger partial charge in [-0.25, -0.2) is 0 Å². The van der Waals surface area contributed by atoms with Crippen molar-refractivity contribution in [2.24, 2.45) is 0 Å². The Morgan fingerprint density at radius 3 is 0.848 bits per heavy atom. The van der Waals surface area contributed by atoms with Gasteiger partial charge in [0.15, 0.2) is 0 Å². The number of aryl methyl sites for hydroxylation is 4. The summed E-state index contributed by atoms with van der Waals surface area (Å²) in [6.07, 6.45) is 40.2. The van der Waals surface area contributed by atoms with E-state index in [9.17, 15) is 0 Å². The lowest BCUT2D eigenvalue weighted by Crippen LogP contribution is -1.99. The molecule has 0 aliphatic rings. The van der Waals surface area contributed by atoms with E-state index in [1.165, 1.54) is 173 Å². The second kappa shape index (κ2) is 25.7. The smallest absolute Gasteiger partial charge is 0.0221 e. The molecule has 0 nitrogen and oxygen atoms in total. The van der Waals surface area contributed by atoms with Gasteiger partial charge >= 0.3 is 0 Å². The van der Waals surface area contributed by atoms with E-state index in [1.54, 1.807) is 0 Å². The first-order valence-corrected chi connectivity index (χ1v) is 19.9. The fourth-order valence-electron chi connectivity index (χ4n) is 6.87. The molecular formula is C46H72. The van der Waals surface area contributed by atoms with Crippen LogP contribution in [-0.2, 0) is 25.7 Å². The number of benzene rings is 2. The summed E-state index contributed by atoms with van der Waals surface area (Å²) in [5, 5.41) is 0. The average molecular weight is 625 g/mol. The van der Waals surface area contributed by atoms with Crippen LogP contribution in [0.3, 0.4) is 0 Å². The molecule has 2 aromatic rings. The van der Waals surface area contributed by atoms with Crippen molar-refractivity contribution in [1.29, 1.82) is 0 Å². The molecule has 2 aromatic carbocycles. The molecule has 0 radical (unpaired) electrons. The molecule has 0 aromatic heterocycles. The van der Waals surface area contributed by atoms with Crippen LogP contribution in [-0.4, -0.2) is 0 Å². The first kappa shape index (κ1) is 39.8. The van der Waals surface area contributed by atoms with Crippen molar-refractivity contribution >= 4 is 24.3 Å². The van der Waals surface area contributed by atoms with Gasteiger partial charge in [0.05, 0.1) is 0 Å². The zero-order chi connectivity index (χ0) is 33.2. The van der Waals surface area contributed by atoms with Gasteiger partial charge in [0.2, 0.25) is 0 Å². The fourth-order valence-corrected chi connectivity index (χ4v) is 6.87. The summed E-state index contributed by atoms with van der Waals surface area (Å²) in [5.41, 5.74) is 11.5. The van der Waals surface area contributed by atoms with E-state index in [4.69, 9.17) is 0 Å². The molecule has 0 saturated carbocycles. The van der Waals surface area contributed by atoms with Gasteiger partial charge in [0.1, 0.15) is 0 Å². The Morgan fingerprint density at radius 2 is 0.587 bits per heavy atom. The molecule has 0 aliphatic carbocycles. The third kappa shape index (κ3) is 15.5. The third-order valence-electron chi connectivity index (χ3n) is 9.88. The maximum Gasteiger partial charge on any atom is -0.0221 e. The zero-order valence-electron chi connectivity index (χ0n) is 31.0. The molecule has 0 bridgehead atoms. The molecule has 0 N–H and O–H groups in total. The SMILES string of the molecule is C=Cc1cc(CCCCCCC)c(/C=C/c2cc(CCCCCCC)c(C=C)cc2CCCCCCC)cc1CCCCCCC. The van der Waals surface area contributed by atoms with Crippen molar-refractivity contribution in [2.75, 3.05) is 0 Å². The molecule has 0 saturated heterocycles. The standard InChI is InChI=1S/C46H72/c1-7-13-17-21-25-29-41-37-45(43(35-39(41)11-5)31-27-23-19-15-9-3)33-34-46-38-42(30-26-22-18-14-8-2)40(12-6)36-44(46)32-28-24-20-16-10-4/h11-12,33-38H,5-10,13-32H2,1-4H3/b34-33+. The van der Waals surface area contributed by atoms with E-state index in [2.05, 4.69) is 89.4 Å². The highest BCUT2D eigenvalue weighted by molar-refractivity contribution is 5.75. The minimum atomic E-state index is 1.15. The Bertz CT molecular complexity index is 1040. The van der Waals surface area contributed by atoms with Gasteiger partial charge in [-0.3, -0.25) is 0 Å². The van der Waals surface area contributed by atoms with Gasteiger partial charge in [-0.2, -0.15) is 0 Å². The van der Waals surface area contributed by atoms with Crippen LogP contribution in [0.5, 0.6) is 0 Å². The highest BCUT2D eigenvalue weighted by Crippen LogP contribution is 2.28. The summed E-state index contributed by atoms with van der Waals surface area (Å²) < 4.78 is 0. The van der Waals surface area contributed by atoms with E-state index in [-0.39, 0.29) is 0 Å². The van der Waals surface area contributed by atoms with Crippen LogP contribution >= 0.6 is 0 Å². The monoisotopic (exact) mass is 625 g/mol. The van der Waals surface area contributed by atoms with Crippen LogP contribution in [0.15, 0.2) is 37.4 Å². The highest BCUT2D eigenvalue weighted by atomic mass is 14.2. The summed E-state index contributed by atoms with van der Waals surface area (Å²) in [6, 6.07) is 9.99. The lowest BCUT2D eigenvalue weighted by Gasteiger charge is -2.15. The molecule has 0 heterocycles. The average Bonchev–Trinajstić information content (AvgIpc) is 3.07. The molecular weight excluding hydrogens is 553 g/mol. The van der Waals surface area contributed by atoms with Crippen LogP contribution in [0.1, 0.15) is 201 Å². The molecule has 0 aliphatic heterocycles. The van der Waals surface area contributed by atoms with E-state index in [0.717, 1.165) is 25.7 Å². The molecule has 0 fully saturated rings. The predicted octanol–water partition coefficient (Wildman–Crippen LogP) is 15.2. The second-order valence-corrected chi connectivity index (χ2v) is 13.9. The molecule has 0 unspecified atom stereocenters. The summed E-state index contributed by atoms with van der Waals surface area (Å²) in [4.78, 5) is 0. The number of rotatable bonds is 28. The van der Waals surface area contributed by atoms with Crippen molar-refractivity contribution in [1.82, 2.24) is 0 Å². The first-order valence-electron chi connectivity index (χ1n) is 19.9. The van der Waals surface area contributed by atoms with Crippen LogP contribution in [0.25, 0.3) is 24.3 Å². The molecule has 46 heavy (non-hydrogen) atoms. The van der Waals surface area contributed by atoms with Crippen molar-refractivity contribution < 1.29 is 0 Å². The van der Waals surface area contributed by atoms with Crippen LogP contribution in [0.4, 0.5) is 0 Å². The Hall–Kier alpha value is -2.34. The van der Waals surface area contributed by atoms with Crippen molar-refractivity contribution in [3.63, 3.8) is 0 Å². The minimum Gasteiger partial charge on any atom is -0.0985 e. The molecule has 0 atom stereocenters. The molecule has 0 spiro atoms. The topological polar surface area (TPSA) is 0 Å². The molecule has 0 heteroatoms. The first-order chi connectivity index (χ1) is 22.6. The van der Waals surface area contributed by atoms with Gasteiger partial charge in [-0.15, -0.1) is 0 Å². The van der Waals surface area contributed by atoms with Crippen molar-refractivity contribution in [3.05, 3.63) is 81.9 Å². The summed E-state index contributed by atoms with van der Waals surface area (Å²) in [5.74, 6) is 0. The fraction of sp³-hybridized carbons (Fsp3) is 0.609. The number of hydrogen-bond acceptors (Lipinski definition) is 0. The Morgan fingerprint density at radius 1 is 0.348 bits per heavy atom. The minimum absolute atomic E-state index is 1.15. The van der Waals surface area contributed by atoms with Gasteiger partial charge < -0.3 is 0 Å². The second-order valence-electron chi connectivity index (χ2n) is 13.9. The van der Waals surface area contributed by atoms with Crippen molar-refractivity contribution in [3.8, 4) is 0 Å². The van der Waals surface area contributed by atoms with E-state index in [0.29, 0.717) is 0 Å². The van der Waals surface area contributed by atoms with Crippen molar-refractivity contribution in [2.45, 2.75) is 182 Å². The predicted molar refractivity (Wildman–Crippen MR) is 212 cm³/mol. The maximum atomic E-state index is 4.23. The summed E-state index contributed by atoms with van der Waals surface area (Å²) in [7, 11) is 0. The molecule has 2 rings (SSSR count). The van der Waals surface area contributed by atoms with E-state index >= 15 is 0 Å². The van der Waals surface area contributed by atoms with E-state index < -0.39 is 0 Å². The quantitative estimate of drug-likeness (QED) is 0.0652. The third-order valence-corrected chi connectivity index (χ3v) is 9.88. The molecule has 256 valence electrons. The van der Waals surface area contributed by atoms with Gasteiger partial charge in [0.25, 0.3) is 0 Å². The maximum absolute atomic E-state index is 4.23. The number of unbranched alkanes of at least 4 members (excludes halogenated alkanes) is 16. The van der Waals surface area contributed by atoms with Gasteiger partial charge in [0, 0.05) is 0 Å². The summed E-state index contributed by atoms with van der Waals surface area (Å²) in [6.45, 7) is 17.7. The lowest BCUT2D eigenvalue weighted by molar-refractivity contribution is 0.629. The largest absolute Gasteiger partial charge is 0.0985 e.